The molecular weight excluding hydrogens is 406 g/mol. The molecule has 0 spiro atoms. The fourth-order valence-corrected chi connectivity index (χ4v) is 3.29. The maximum Gasteiger partial charge on any atom is 0.340 e. The van der Waals surface area contributed by atoms with Gasteiger partial charge >= 0.3 is 5.97 Å². The number of carbonyl (C=O) groups is 2. The second kappa shape index (κ2) is 9.45. The summed E-state index contributed by atoms with van der Waals surface area (Å²) in [6, 6.07) is 12.4. The summed E-state index contributed by atoms with van der Waals surface area (Å²) in [5, 5.41) is 5.28. The molecule has 3 aromatic rings. The molecule has 1 aromatic heterocycles. The predicted molar refractivity (Wildman–Crippen MR) is 116 cm³/mol. The number of nitrogens with one attached hydrogen (secondary N) is 1. The van der Waals surface area contributed by atoms with Crippen LogP contribution < -0.4 is 10.2 Å². The summed E-state index contributed by atoms with van der Waals surface area (Å²) in [7, 11) is 1.56. The number of aromatic nitrogens is 1. The van der Waals surface area contributed by atoms with Crippen molar-refractivity contribution in [3.63, 3.8) is 0 Å². The molecular formula is C22H22ClN3O4. The van der Waals surface area contributed by atoms with E-state index in [-0.39, 0.29) is 19.1 Å². The number of halogens is 1. The molecule has 156 valence electrons. The topological polar surface area (TPSA) is 81.9 Å². The van der Waals surface area contributed by atoms with Crippen LogP contribution in [0.5, 0.6) is 5.75 Å². The molecule has 1 heterocycles. The number of hydrogen-bond donors (Lipinski definition) is 1. The van der Waals surface area contributed by atoms with Crippen LogP contribution >= 0.6 is 11.6 Å². The first-order chi connectivity index (χ1) is 14.4. The van der Waals surface area contributed by atoms with Gasteiger partial charge in [-0.2, -0.15) is 5.10 Å². The van der Waals surface area contributed by atoms with Gasteiger partial charge in [0.05, 0.1) is 25.5 Å². The largest absolute Gasteiger partial charge is 0.497 e. The van der Waals surface area contributed by atoms with Gasteiger partial charge in [0.15, 0.2) is 0 Å². The average Bonchev–Trinajstić information content (AvgIpc) is 3.00. The van der Waals surface area contributed by atoms with E-state index in [9.17, 15) is 9.59 Å². The van der Waals surface area contributed by atoms with E-state index >= 15 is 0 Å². The summed E-state index contributed by atoms with van der Waals surface area (Å²) in [5.41, 5.74) is 5.10. The van der Waals surface area contributed by atoms with Crippen LogP contribution in [0, 0.1) is 6.92 Å². The molecule has 0 atom stereocenters. The smallest absolute Gasteiger partial charge is 0.340 e. The van der Waals surface area contributed by atoms with Crippen molar-refractivity contribution in [1.29, 1.82) is 0 Å². The van der Waals surface area contributed by atoms with Gasteiger partial charge in [0, 0.05) is 21.6 Å². The van der Waals surface area contributed by atoms with E-state index in [0.717, 1.165) is 11.1 Å². The lowest BCUT2D eigenvalue weighted by atomic mass is 10.1. The van der Waals surface area contributed by atoms with E-state index in [1.165, 1.54) is 6.21 Å². The number of hydrazone groups is 1. The van der Waals surface area contributed by atoms with Crippen molar-refractivity contribution < 1.29 is 19.1 Å². The van der Waals surface area contributed by atoms with Crippen LogP contribution in [0.2, 0.25) is 5.02 Å². The number of rotatable bonds is 7. The van der Waals surface area contributed by atoms with E-state index in [4.69, 9.17) is 21.1 Å². The Morgan fingerprint density at radius 2 is 1.93 bits per heavy atom. The Morgan fingerprint density at radius 1 is 1.20 bits per heavy atom. The van der Waals surface area contributed by atoms with Crippen LogP contribution in [-0.4, -0.2) is 36.4 Å². The molecule has 0 fully saturated rings. The summed E-state index contributed by atoms with van der Waals surface area (Å²) in [5.74, 6) is -0.151. The Balaban J connectivity index is 1.85. The lowest BCUT2D eigenvalue weighted by molar-refractivity contribution is -0.121. The summed E-state index contributed by atoms with van der Waals surface area (Å²) >= 11 is 5.85. The Labute approximate surface area is 179 Å². The highest BCUT2D eigenvalue weighted by Crippen LogP contribution is 2.30. The summed E-state index contributed by atoms with van der Waals surface area (Å²) in [4.78, 5) is 25.0. The van der Waals surface area contributed by atoms with Gasteiger partial charge in [0.25, 0.3) is 5.91 Å². The molecule has 0 unspecified atom stereocenters. The van der Waals surface area contributed by atoms with E-state index < -0.39 is 5.97 Å². The van der Waals surface area contributed by atoms with Crippen molar-refractivity contribution in [3.8, 4) is 5.75 Å². The third-order valence-electron chi connectivity index (χ3n) is 4.58. The third kappa shape index (κ3) is 4.63. The second-order valence-electron chi connectivity index (χ2n) is 6.49. The van der Waals surface area contributed by atoms with Crippen molar-refractivity contribution in [2.75, 3.05) is 13.7 Å². The van der Waals surface area contributed by atoms with Crippen molar-refractivity contribution in [3.05, 3.63) is 64.3 Å². The maximum atomic E-state index is 12.5. The van der Waals surface area contributed by atoms with Gasteiger partial charge in [-0.15, -0.1) is 0 Å². The van der Waals surface area contributed by atoms with Crippen molar-refractivity contribution in [2.45, 2.75) is 20.4 Å². The minimum Gasteiger partial charge on any atom is -0.497 e. The van der Waals surface area contributed by atoms with Crippen LogP contribution in [0.25, 0.3) is 10.9 Å². The molecule has 0 aliphatic rings. The molecule has 0 aliphatic heterocycles. The Bertz CT molecular complexity index is 1100. The van der Waals surface area contributed by atoms with Crippen molar-refractivity contribution in [2.24, 2.45) is 5.10 Å². The molecule has 1 N–H and O–H groups in total. The predicted octanol–water partition coefficient (Wildman–Crippen LogP) is 3.94. The molecule has 7 nitrogen and oxygen atoms in total. The van der Waals surface area contributed by atoms with Gasteiger partial charge in [0.1, 0.15) is 12.3 Å². The van der Waals surface area contributed by atoms with Crippen LogP contribution in [-0.2, 0) is 16.1 Å². The maximum absolute atomic E-state index is 12.5. The third-order valence-corrected chi connectivity index (χ3v) is 4.84. The fraction of sp³-hybridized carbons (Fsp3) is 0.227. The molecule has 0 saturated heterocycles. The standard InChI is InChI=1S/C22H22ClN3O4/c1-4-30-22(28)21-14(2)26(19-10-9-17(29-3)11-18(19)21)13-20(27)25-24-12-15-5-7-16(23)8-6-15/h5-12H,4,13H2,1-3H3,(H,25,27)/b24-12+. The lowest BCUT2D eigenvalue weighted by Crippen LogP contribution is -2.24. The van der Waals surface area contributed by atoms with Gasteiger partial charge in [-0.25, -0.2) is 10.2 Å². The number of nitrogens with zero attached hydrogens (tertiary/aromatic N) is 2. The molecule has 8 heteroatoms. The minimum absolute atomic E-state index is 0.00791. The van der Waals surface area contributed by atoms with Crippen molar-refractivity contribution >= 4 is 40.6 Å². The molecule has 0 aliphatic carbocycles. The van der Waals surface area contributed by atoms with Crippen LogP contribution in [0.15, 0.2) is 47.6 Å². The molecule has 0 saturated carbocycles. The van der Waals surface area contributed by atoms with Crippen LogP contribution in [0.3, 0.4) is 0 Å². The number of benzene rings is 2. The van der Waals surface area contributed by atoms with Gasteiger partial charge < -0.3 is 14.0 Å². The molecule has 1 amide bonds. The second-order valence-corrected chi connectivity index (χ2v) is 6.93. The monoisotopic (exact) mass is 427 g/mol. The minimum atomic E-state index is -0.437. The van der Waals surface area contributed by atoms with E-state index in [0.29, 0.717) is 27.4 Å². The Morgan fingerprint density at radius 3 is 2.60 bits per heavy atom. The summed E-state index contributed by atoms with van der Waals surface area (Å²) in [6.45, 7) is 3.78. The number of hydrogen-bond acceptors (Lipinski definition) is 5. The summed E-state index contributed by atoms with van der Waals surface area (Å²) in [6.07, 6.45) is 1.53. The quantitative estimate of drug-likeness (QED) is 0.352. The number of amides is 1. The molecule has 3 rings (SSSR count). The first-order valence-electron chi connectivity index (χ1n) is 9.36. The zero-order valence-electron chi connectivity index (χ0n) is 16.9. The number of methoxy groups -OCH3 is 1. The zero-order valence-corrected chi connectivity index (χ0v) is 17.7. The highest BCUT2D eigenvalue weighted by Gasteiger charge is 2.22. The zero-order chi connectivity index (χ0) is 21.7. The number of ether oxygens (including phenoxy) is 2. The number of carbonyl (C=O) groups excluding carboxylic acids is 2. The number of fused-ring (bicyclic) bond motifs is 1. The van der Waals surface area contributed by atoms with Crippen LogP contribution in [0.1, 0.15) is 28.5 Å². The highest BCUT2D eigenvalue weighted by molar-refractivity contribution is 6.30. The van der Waals surface area contributed by atoms with E-state index in [1.54, 1.807) is 61.9 Å². The summed E-state index contributed by atoms with van der Waals surface area (Å²) < 4.78 is 12.2. The highest BCUT2D eigenvalue weighted by atomic mass is 35.5. The molecule has 0 bridgehead atoms. The van der Waals surface area contributed by atoms with Crippen molar-refractivity contribution in [1.82, 2.24) is 9.99 Å². The van der Waals surface area contributed by atoms with Gasteiger partial charge in [-0.05, 0) is 49.7 Å². The average molecular weight is 428 g/mol. The van der Waals surface area contributed by atoms with Gasteiger partial charge in [-0.3, -0.25) is 4.79 Å². The Kier molecular flexibility index (Phi) is 6.74. The first kappa shape index (κ1) is 21.4. The molecule has 30 heavy (non-hydrogen) atoms. The van der Waals surface area contributed by atoms with Crippen LogP contribution in [0.4, 0.5) is 0 Å². The SMILES string of the molecule is CCOC(=O)c1c(C)n(CC(=O)N/N=C/c2ccc(Cl)cc2)c2ccc(OC)cc12. The van der Waals surface area contributed by atoms with Gasteiger partial charge in [0.2, 0.25) is 0 Å². The first-order valence-corrected chi connectivity index (χ1v) is 9.73. The number of esters is 1. The molecule has 2 aromatic carbocycles. The van der Waals surface area contributed by atoms with E-state index in [1.807, 2.05) is 6.07 Å². The normalized spacial score (nSPS) is 11.1. The van der Waals surface area contributed by atoms with E-state index in [2.05, 4.69) is 10.5 Å². The van der Waals surface area contributed by atoms with Gasteiger partial charge in [-0.1, -0.05) is 23.7 Å². The lowest BCUT2D eigenvalue weighted by Gasteiger charge is -2.08. The fourth-order valence-electron chi connectivity index (χ4n) is 3.16. The Hall–Kier alpha value is -3.32. The molecule has 0 radical (unpaired) electrons.